The zero-order valence-electron chi connectivity index (χ0n) is 11.2. The van der Waals surface area contributed by atoms with Crippen LogP contribution in [0.1, 0.15) is 42.6 Å². The van der Waals surface area contributed by atoms with Gasteiger partial charge < -0.3 is 4.98 Å². The summed E-state index contributed by atoms with van der Waals surface area (Å²) in [5.74, 6) is -0.292. The molecule has 0 saturated carbocycles. The molecule has 1 amide bonds. The van der Waals surface area contributed by atoms with Crippen molar-refractivity contribution in [2.45, 2.75) is 32.1 Å². The van der Waals surface area contributed by atoms with Crippen LogP contribution in [-0.2, 0) is 4.79 Å². The lowest BCUT2D eigenvalue weighted by atomic mass is 10.1. The number of rotatable bonds is 7. The second-order valence-electron chi connectivity index (χ2n) is 4.79. The van der Waals surface area contributed by atoms with E-state index in [2.05, 4.69) is 4.98 Å². The maximum Gasteiger partial charge on any atom is 0.243 e. The van der Waals surface area contributed by atoms with Crippen LogP contribution in [-0.4, -0.2) is 21.9 Å². The first-order valence-corrected chi connectivity index (χ1v) is 6.74. The Morgan fingerprint density at radius 2 is 1.85 bits per heavy atom. The third kappa shape index (κ3) is 3.68. The average molecular weight is 274 g/mol. The molecule has 3 N–H and O–H groups in total. The Morgan fingerprint density at radius 3 is 2.60 bits per heavy atom. The number of aromatic amines is 1. The summed E-state index contributed by atoms with van der Waals surface area (Å²) < 4.78 is 0. The van der Waals surface area contributed by atoms with Crippen LogP contribution in [0, 0.1) is 0 Å². The fraction of sp³-hybridized carbons (Fsp3) is 0.333. The Bertz CT molecular complexity index is 571. The second-order valence-corrected chi connectivity index (χ2v) is 4.79. The van der Waals surface area contributed by atoms with Crippen molar-refractivity contribution in [2.24, 2.45) is 0 Å². The van der Waals surface area contributed by atoms with Gasteiger partial charge in [-0.3, -0.25) is 14.8 Å². The first kappa shape index (κ1) is 14.3. The highest BCUT2D eigenvalue weighted by Gasteiger charge is 2.09. The summed E-state index contributed by atoms with van der Waals surface area (Å²) in [4.78, 5) is 25.9. The van der Waals surface area contributed by atoms with Gasteiger partial charge in [0, 0.05) is 23.7 Å². The maximum absolute atomic E-state index is 12.0. The van der Waals surface area contributed by atoms with Gasteiger partial charge in [0.05, 0.1) is 5.69 Å². The molecule has 5 nitrogen and oxygen atoms in total. The Kier molecular flexibility index (Phi) is 4.90. The molecule has 0 aliphatic rings. The molecule has 1 aromatic heterocycles. The molecule has 20 heavy (non-hydrogen) atoms. The molecular weight excluding hydrogens is 256 g/mol. The SMILES string of the molecule is O=C(CCCCCC(=O)c1cc2ccccc2[nH]1)NO. The van der Waals surface area contributed by atoms with E-state index >= 15 is 0 Å². The lowest BCUT2D eigenvalue weighted by molar-refractivity contribution is -0.129. The number of benzene rings is 1. The Labute approximate surface area is 116 Å². The number of hydrogen-bond donors (Lipinski definition) is 3. The van der Waals surface area contributed by atoms with E-state index < -0.39 is 0 Å². The number of nitrogens with one attached hydrogen (secondary N) is 2. The third-order valence-electron chi connectivity index (χ3n) is 3.26. The highest BCUT2D eigenvalue weighted by Crippen LogP contribution is 2.16. The molecule has 0 aliphatic heterocycles. The van der Waals surface area contributed by atoms with Crippen LogP contribution in [0.15, 0.2) is 30.3 Å². The van der Waals surface area contributed by atoms with Crippen molar-refractivity contribution >= 4 is 22.6 Å². The van der Waals surface area contributed by atoms with E-state index in [0.717, 1.165) is 23.7 Å². The van der Waals surface area contributed by atoms with Gasteiger partial charge in [-0.25, -0.2) is 5.48 Å². The van der Waals surface area contributed by atoms with Crippen LogP contribution < -0.4 is 5.48 Å². The van der Waals surface area contributed by atoms with Crippen molar-refractivity contribution in [1.82, 2.24) is 10.5 Å². The molecule has 106 valence electrons. The van der Waals surface area contributed by atoms with Crippen LogP contribution >= 0.6 is 0 Å². The summed E-state index contributed by atoms with van der Waals surface area (Å²) in [7, 11) is 0. The largest absolute Gasteiger partial charge is 0.352 e. The van der Waals surface area contributed by atoms with Crippen LogP contribution in [0.3, 0.4) is 0 Å². The van der Waals surface area contributed by atoms with Crippen LogP contribution in [0.25, 0.3) is 10.9 Å². The van der Waals surface area contributed by atoms with E-state index in [0.29, 0.717) is 18.5 Å². The highest BCUT2D eigenvalue weighted by molar-refractivity contribution is 5.99. The quantitative estimate of drug-likeness (QED) is 0.314. The van der Waals surface area contributed by atoms with E-state index in [1.54, 1.807) is 5.48 Å². The minimum absolute atomic E-state index is 0.0906. The van der Waals surface area contributed by atoms with Gasteiger partial charge >= 0.3 is 0 Å². The monoisotopic (exact) mass is 274 g/mol. The zero-order chi connectivity index (χ0) is 14.4. The third-order valence-corrected chi connectivity index (χ3v) is 3.26. The Balaban J connectivity index is 1.78. The number of para-hydroxylation sites is 1. The van der Waals surface area contributed by atoms with Crippen molar-refractivity contribution in [3.63, 3.8) is 0 Å². The van der Waals surface area contributed by atoms with Gasteiger partial charge in [-0.15, -0.1) is 0 Å². The number of H-pyrrole nitrogens is 1. The van der Waals surface area contributed by atoms with Crippen molar-refractivity contribution in [2.75, 3.05) is 0 Å². The summed E-state index contributed by atoms with van der Waals surface area (Å²) >= 11 is 0. The van der Waals surface area contributed by atoms with E-state index in [1.807, 2.05) is 30.3 Å². The van der Waals surface area contributed by atoms with E-state index in [-0.39, 0.29) is 18.1 Å². The lowest BCUT2D eigenvalue weighted by Crippen LogP contribution is -2.17. The second kappa shape index (κ2) is 6.86. The summed E-state index contributed by atoms with van der Waals surface area (Å²) in [5.41, 5.74) is 3.20. The van der Waals surface area contributed by atoms with Gasteiger partial charge in [0.15, 0.2) is 5.78 Å². The van der Waals surface area contributed by atoms with Gasteiger partial charge in [0.25, 0.3) is 0 Å². The standard InChI is InChI=1S/C15H18N2O3/c18-14(8-2-1-3-9-15(19)17-20)13-10-11-6-4-5-7-12(11)16-13/h4-7,10,16,20H,1-3,8-9H2,(H,17,19). The first-order chi connectivity index (χ1) is 9.70. The van der Waals surface area contributed by atoms with Crippen molar-refractivity contribution in [3.05, 3.63) is 36.0 Å². The van der Waals surface area contributed by atoms with E-state index in [9.17, 15) is 9.59 Å². The number of Topliss-reactive ketones (excluding diaryl/α,β-unsaturated/α-hetero) is 1. The van der Waals surface area contributed by atoms with Crippen LogP contribution in [0.4, 0.5) is 0 Å². The van der Waals surface area contributed by atoms with Crippen molar-refractivity contribution in [3.8, 4) is 0 Å². The molecule has 0 fully saturated rings. The molecule has 0 saturated heterocycles. The topological polar surface area (TPSA) is 82.2 Å². The number of unbranched alkanes of at least 4 members (excludes halogenated alkanes) is 2. The molecule has 2 rings (SSSR count). The molecule has 0 radical (unpaired) electrons. The Hall–Kier alpha value is -2.14. The predicted octanol–water partition coefficient (Wildman–Crippen LogP) is 2.81. The normalized spacial score (nSPS) is 10.7. The minimum Gasteiger partial charge on any atom is -0.352 e. The number of amides is 1. The molecule has 0 unspecified atom stereocenters. The molecule has 0 bridgehead atoms. The lowest BCUT2D eigenvalue weighted by Gasteiger charge is -2.00. The number of fused-ring (bicyclic) bond motifs is 1. The molecule has 5 heteroatoms. The smallest absolute Gasteiger partial charge is 0.243 e. The van der Waals surface area contributed by atoms with Gasteiger partial charge in [-0.05, 0) is 25.0 Å². The summed E-state index contributed by atoms with van der Waals surface area (Å²) in [5, 5.41) is 9.38. The fourth-order valence-corrected chi connectivity index (χ4v) is 2.16. The van der Waals surface area contributed by atoms with Crippen molar-refractivity contribution < 1.29 is 14.8 Å². The molecule has 1 heterocycles. The molecular formula is C15H18N2O3. The molecule has 0 spiro atoms. The highest BCUT2D eigenvalue weighted by atomic mass is 16.5. The van der Waals surface area contributed by atoms with Crippen LogP contribution in [0.5, 0.6) is 0 Å². The number of ketones is 1. The Morgan fingerprint density at radius 1 is 1.10 bits per heavy atom. The number of carbonyl (C=O) groups excluding carboxylic acids is 2. The summed E-state index contributed by atoms with van der Waals surface area (Å²) in [6.07, 6.45) is 2.96. The average Bonchev–Trinajstić information content (AvgIpc) is 2.90. The van der Waals surface area contributed by atoms with Crippen LogP contribution in [0.2, 0.25) is 0 Å². The number of carbonyl (C=O) groups is 2. The maximum atomic E-state index is 12.0. The van der Waals surface area contributed by atoms with Gasteiger partial charge in [0.2, 0.25) is 5.91 Å². The number of hydrogen-bond acceptors (Lipinski definition) is 3. The summed E-state index contributed by atoms with van der Waals surface area (Å²) in [6.45, 7) is 0. The zero-order valence-corrected chi connectivity index (χ0v) is 11.2. The molecule has 1 aromatic carbocycles. The van der Waals surface area contributed by atoms with E-state index in [1.165, 1.54) is 0 Å². The first-order valence-electron chi connectivity index (χ1n) is 6.74. The van der Waals surface area contributed by atoms with E-state index in [4.69, 9.17) is 5.21 Å². The fourth-order valence-electron chi connectivity index (χ4n) is 2.16. The van der Waals surface area contributed by atoms with Gasteiger partial charge in [-0.2, -0.15) is 0 Å². The number of hydroxylamine groups is 1. The van der Waals surface area contributed by atoms with Gasteiger partial charge in [0.1, 0.15) is 0 Å². The predicted molar refractivity (Wildman–Crippen MR) is 75.6 cm³/mol. The molecule has 0 atom stereocenters. The number of aromatic nitrogens is 1. The molecule has 2 aromatic rings. The van der Waals surface area contributed by atoms with Gasteiger partial charge in [-0.1, -0.05) is 24.6 Å². The van der Waals surface area contributed by atoms with Crippen molar-refractivity contribution in [1.29, 1.82) is 0 Å². The minimum atomic E-state index is -0.382. The summed E-state index contributed by atoms with van der Waals surface area (Å²) in [6, 6.07) is 9.66. The molecule has 0 aliphatic carbocycles.